The second kappa shape index (κ2) is 7.09. The molecule has 6 heteroatoms. The highest BCUT2D eigenvalue weighted by Crippen LogP contribution is 2.19. The Kier molecular flexibility index (Phi) is 4.71. The summed E-state index contributed by atoms with van der Waals surface area (Å²) in [6.45, 7) is 2.03. The van der Waals surface area contributed by atoms with Crippen LogP contribution in [0.1, 0.15) is 29.8 Å². The molecule has 1 aliphatic heterocycles. The largest absolute Gasteiger partial charge is 0.355 e. The molecular weight excluding hydrogens is 294 g/mol. The van der Waals surface area contributed by atoms with Gasteiger partial charge in [0.25, 0.3) is 5.91 Å². The van der Waals surface area contributed by atoms with Gasteiger partial charge in [0, 0.05) is 37.7 Å². The third-order valence-corrected chi connectivity index (χ3v) is 3.86. The van der Waals surface area contributed by atoms with Crippen molar-refractivity contribution >= 4 is 11.8 Å². The highest BCUT2D eigenvalue weighted by molar-refractivity contribution is 5.93. The van der Waals surface area contributed by atoms with Crippen molar-refractivity contribution in [2.75, 3.05) is 19.6 Å². The van der Waals surface area contributed by atoms with Crippen LogP contribution in [0.3, 0.4) is 0 Å². The van der Waals surface area contributed by atoms with Crippen molar-refractivity contribution in [3.05, 3.63) is 42.1 Å². The average Bonchev–Trinajstić information content (AvgIpc) is 3.22. The van der Waals surface area contributed by atoms with Gasteiger partial charge in [-0.15, -0.1) is 0 Å². The molecule has 6 nitrogen and oxygen atoms in total. The number of amides is 2. The van der Waals surface area contributed by atoms with E-state index < -0.39 is 0 Å². The number of nitrogens with one attached hydrogen (secondary N) is 1. The van der Waals surface area contributed by atoms with Crippen LogP contribution < -0.4 is 5.32 Å². The fourth-order valence-electron chi connectivity index (χ4n) is 2.62. The van der Waals surface area contributed by atoms with Gasteiger partial charge in [-0.05, 0) is 12.8 Å². The maximum Gasteiger partial charge on any atom is 0.273 e. The highest BCUT2D eigenvalue weighted by atomic mass is 16.5. The van der Waals surface area contributed by atoms with E-state index in [2.05, 4.69) is 10.5 Å². The van der Waals surface area contributed by atoms with Crippen molar-refractivity contribution in [3.8, 4) is 11.3 Å². The summed E-state index contributed by atoms with van der Waals surface area (Å²) >= 11 is 0. The maximum atomic E-state index is 12.0. The molecule has 2 aromatic rings. The number of hydrogen-bond acceptors (Lipinski definition) is 4. The standard InChI is InChI=1S/C17H19N3O3/c21-16-8-4-10-20(16)11-5-9-18-17(22)14-12-15(23-19-14)13-6-2-1-3-7-13/h1-3,6-7,12H,4-5,8-11H2,(H,18,22). The lowest BCUT2D eigenvalue weighted by molar-refractivity contribution is -0.127. The Morgan fingerprint density at radius 3 is 2.87 bits per heavy atom. The molecule has 0 unspecified atom stereocenters. The molecule has 2 amide bonds. The second-order valence-corrected chi connectivity index (χ2v) is 5.54. The monoisotopic (exact) mass is 313 g/mol. The third-order valence-electron chi connectivity index (χ3n) is 3.86. The number of hydrogen-bond donors (Lipinski definition) is 1. The molecule has 0 atom stereocenters. The number of benzene rings is 1. The second-order valence-electron chi connectivity index (χ2n) is 5.54. The molecule has 0 bridgehead atoms. The van der Waals surface area contributed by atoms with E-state index in [1.165, 1.54) is 0 Å². The number of rotatable bonds is 6. The zero-order valence-electron chi connectivity index (χ0n) is 12.8. The first-order valence-corrected chi connectivity index (χ1v) is 7.82. The zero-order valence-corrected chi connectivity index (χ0v) is 12.8. The summed E-state index contributed by atoms with van der Waals surface area (Å²) in [6, 6.07) is 11.1. The minimum atomic E-state index is -0.260. The van der Waals surface area contributed by atoms with Crippen LogP contribution in [-0.4, -0.2) is 41.5 Å². The topological polar surface area (TPSA) is 75.4 Å². The summed E-state index contributed by atoms with van der Waals surface area (Å²) in [5.74, 6) is 0.516. The number of likely N-dealkylation sites (tertiary alicyclic amines) is 1. The normalized spacial score (nSPS) is 14.3. The average molecular weight is 313 g/mol. The molecule has 2 heterocycles. The Balaban J connectivity index is 1.47. The summed E-state index contributed by atoms with van der Waals surface area (Å²) in [7, 11) is 0. The van der Waals surface area contributed by atoms with Gasteiger partial charge in [-0.1, -0.05) is 35.5 Å². The van der Waals surface area contributed by atoms with Gasteiger partial charge in [0.1, 0.15) is 0 Å². The summed E-state index contributed by atoms with van der Waals surface area (Å²) < 4.78 is 5.21. The number of nitrogens with zero attached hydrogens (tertiary/aromatic N) is 2. The van der Waals surface area contributed by atoms with Gasteiger partial charge in [0.05, 0.1) is 0 Å². The van der Waals surface area contributed by atoms with Crippen LogP contribution in [0.15, 0.2) is 40.9 Å². The molecule has 120 valence electrons. The van der Waals surface area contributed by atoms with E-state index in [4.69, 9.17) is 4.52 Å². The van der Waals surface area contributed by atoms with E-state index in [1.807, 2.05) is 35.2 Å². The van der Waals surface area contributed by atoms with E-state index in [0.717, 1.165) is 24.9 Å². The predicted octanol–water partition coefficient (Wildman–Crippen LogP) is 2.08. The molecule has 0 saturated carbocycles. The van der Waals surface area contributed by atoms with E-state index in [9.17, 15) is 9.59 Å². The zero-order chi connectivity index (χ0) is 16.1. The lowest BCUT2D eigenvalue weighted by Gasteiger charge is -2.14. The molecule has 0 aliphatic carbocycles. The van der Waals surface area contributed by atoms with Crippen molar-refractivity contribution in [2.45, 2.75) is 19.3 Å². The Hall–Kier alpha value is -2.63. The summed E-state index contributed by atoms with van der Waals surface area (Å²) in [5, 5.41) is 6.61. The molecule has 1 aliphatic rings. The van der Waals surface area contributed by atoms with E-state index in [1.54, 1.807) is 6.07 Å². The fourth-order valence-corrected chi connectivity index (χ4v) is 2.62. The Bertz CT molecular complexity index is 681. The molecule has 0 radical (unpaired) electrons. The van der Waals surface area contributed by atoms with Crippen molar-refractivity contribution < 1.29 is 14.1 Å². The molecule has 1 aromatic carbocycles. The van der Waals surface area contributed by atoms with Crippen molar-refractivity contribution in [1.29, 1.82) is 0 Å². The van der Waals surface area contributed by atoms with Crippen LogP contribution in [0, 0.1) is 0 Å². The van der Waals surface area contributed by atoms with Gasteiger partial charge in [-0.2, -0.15) is 0 Å². The summed E-state index contributed by atoms with van der Waals surface area (Å²) in [4.78, 5) is 25.4. The molecule has 3 rings (SSSR count). The van der Waals surface area contributed by atoms with Crippen LogP contribution in [-0.2, 0) is 4.79 Å². The molecular formula is C17H19N3O3. The van der Waals surface area contributed by atoms with E-state index in [0.29, 0.717) is 25.3 Å². The molecule has 1 aromatic heterocycles. The van der Waals surface area contributed by atoms with Gasteiger partial charge in [0.2, 0.25) is 5.91 Å². The van der Waals surface area contributed by atoms with Gasteiger partial charge in [-0.3, -0.25) is 9.59 Å². The Labute approximate surface area is 134 Å². The Morgan fingerprint density at radius 2 is 2.13 bits per heavy atom. The Morgan fingerprint density at radius 1 is 1.30 bits per heavy atom. The first-order chi connectivity index (χ1) is 11.2. The lowest BCUT2D eigenvalue weighted by atomic mass is 10.1. The van der Waals surface area contributed by atoms with Gasteiger partial charge >= 0.3 is 0 Å². The van der Waals surface area contributed by atoms with Crippen LogP contribution in [0.25, 0.3) is 11.3 Å². The third kappa shape index (κ3) is 3.77. The van der Waals surface area contributed by atoms with Crippen LogP contribution >= 0.6 is 0 Å². The summed E-state index contributed by atoms with van der Waals surface area (Å²) in [6.07, 6.45) is 2.32. The molecule has 1 N–H and O–H groups in total. The summed E-state index contributed by atoms with van der Waals surface area (Å²) in [5.41, 5.74) is 1.15. The first-order valence-electron chi connectivity index (χ1n) is 7.82. The van der Waals surface area contributed by atoms with Crippen LogP contribution in [0.2, 0.25) is 0 Å². The number of aromatic nitrogens is 1. The molecule has 1 fully saturated rings. The quantitative estimate of drug-likeness (QED) is 0.829. The maximum absolute atomic E-state index is 12.0. The number of carbonyl (C=O) groups excluding carboxylic acids is 2. The van der Waals surface area contributed by atoms with Crippen LogP contribution in [0.5, 0.6) is 0 Å². The van der Waals surface area contributed by atoms with Gasteiger partial charge in [-0.25, -0.2) is 0 Å². The first kappa shape index (κ1) is 15.3. The minimum absolute atomic E-state index is 0.209. The highest BCUT2D eigenvalue weighted by Gasteiger charge is 2.19. The van der Waals surface area contributed by atoms with Crippen LogP contribution in [0.4, 0.5) is 0 Å². The van der Waals surface area contributed by atoms with E-state index >= 15 is 0 Å². The molecule has 1 saturated heterocycles. The lowest BCUT2D eigenvalue weighted by Crippen LogP contribution is -2.30. The predicted molar refractivity (Wildman–Crippen MR) is 84.7 cm³/mol. The van der Waals surface area contributed by atoms with Crippen molar-refractivity contribution in [1.82, 2.24) is 15.4 Å². The minimum Gasteiger partial charge on any atom is -0.355 e. The molecule has 23 heavy (non-hydrogen) atoms. The van der Waals surface area contributed by atoms with E-state index in [-0.39, 0.29) is 17.5 Å². The van der Waals surface area contributed by atoms with Crippen molar-refractivity contribution in [3.63, 3.8) is 0 Å². The fraction of sp³-hybridized carbons (Fsp3) is 0.353. The van der Waals surface area contributed by atoms with Gasteiger partial charge < -0.3 is 14.7 Å². The van der Waals surface area contributed by atoms with Crippen molar-refractivity contribution in [2.24, 2.45) is 0 Å². The SMILES string of the molecule is O=C(NCCCN1CCCC1=O)c1cc(-c2ccccc2)on1. The van der Waals surface area contributed by atoms with Gasteiger partial charge in [0.15, 0.2) is 11.5 Å². The smallest absolute Gasteiger partial charge is 0.273 e. The molecule has 0 spiro atoms. The number of carbonyl (C=O) groups is 2.